The summed E-state index contributed by atoms with van der Waals surface area (Å²) in [5, 5.41) is 8.39. The lowest BCUT2D eigenvalue weighted by molar-refractivity contribution is -0.129. The van der Waals surface area contributed by atoms with E-state index in [1.807, 2.05) is 30.5 Å². The van der Waals surface area contributed by atoms with Gasteiger partial charge in [0, 0.05) is 18.7 Å². The van der Waals surface area contributed by atoms with Gasteiger partial charge < -0.3 is 5.32 Å². The Balaban J connectivity index is 2.22. The number of amides is 2. The molecule has 106 valence electrons. The third-order valence-corrected chi connectivity index (χ3v) is 4.50. The van der Waals surface area contributed by atoms with Gasteiger partial charge in [-0.05, 0) is 24.0 Å². The predicted molar refractivity (Wildman–Crippen MR) is 82.3 cm³/mol. The summed E-state index contributed by atoms with van der Waals surface area (Å²) in [6.45, 7) is 2.88. The number of hydrogen-bond donors (Lipinski definition) is 1. The summed E-state index contributed by atoms with van der Waals surface area (Å²) in [7, 11) is 0. The van der Waals surface area contributed by atoms with Gasteiger partial charge in [-0.1, -0.05) is 23.9 Å². The normalized spacial score (nSPS) is 17.9. The van der Waals surface area contributed by atoms with Gasteiger partial charge in [-0.15, -0.1) is 16.9 Å². The Morgan fingerprint density at radius 2 is 1.95 bits per heavy atom. The Kier molecular flexibility index (Phi) is 4.72. The van der Waals surface area contributed by atoms with Crippen molar-refractivity contribution < 1.29 is 9.59 Å². The zero-order valence-electron chi connectivity index (χ0n) is 11.4. The molecular weight excluding hydrogens is 294 g/mol. The van der Waals surface area contributed by atoms with Gasteiger partial charge in [0.05, 0.1) is 0 Å². The lowest BCUT2D eigenvalue weighted by Gasteiger charge is -2.19. The molecule has 0 fully saturated rings. The largest absolute Gasteiger partial charge is 0.304 e. The van der Waals surface area contributed by atoms with Crippen LogP contribution in [0.15, 0.2) is 34.3 Å². The highest BCUT2D eigenvalue weighted by molar-refractivity contribution is 8.14. The van der Waals surface area contributed by atoms with Crippen LogP contribution in [0.5, 0.6) is 0 Å². The number of benzene rings is 1. The second-order valence-electron chi connectivity index (χ2n) is 4.19. The summed E-state index contributed by atoms with van der Waals surface area (Å²) < 4.78 is 0. The Morgan fingerprint density at radius 1 is 1.30 bits per heavy atom. The molecule has 20 heavy (non-hydrogen) atoms. The fourth-order valence-electron chi connectivity index (χ4n) is 1.75. The maximum absolute atomic E-state index is 11.7. The van der Waals surface area contributed by atoms with Crippen molar-refractivity contribution in [1.29, 1.82) is 0 Å². The molecule has 0 unspecified atom stereocenters. The van der Waals surface area contributed by atoms with Crippen molar-refractivity contribution >= 4 is 40.5 Å². The molecule has 1 N–H and O–H groups in total. The maximum Gasteiger partial charge on any atom is 0.241 e. The maximum atomic E-state index is 11.7. The van der Waals surface area contributed by atoms with E-state index < -0.39 is 0 Å². The van der Waals surface area contributed by atoms with E-state index in [1.165, 1.54) is 30.6 Å². The zero-order chi connectivity index (χ0) is 14.7. The lowest BCUT2D eigenvalue weighted by atomic mass is 10.2. The third kappa shape index (κ3) is 3.34. The summed E-state index contributed by atoms with van der Waals surface area (Å²) in [5.74, 6) is -0.352. The van der Waals surface area contributed by atoms with Crippen molar-refractivity contribution in [3.63, 3.8) is 0 Å². The van der Waals surface area contributed by atoms with Crippen molar-refractivity contribution in [2.45, 2.75) is 24.1 Å². The molecule has 0 saturated heterocycles. The Morgan fingerprint density at radius 3 is 2.45 bits per heavy atom. The van der Waals surface area contributed by atoms with Gasteiger partial charge in [0.25, 0.3) is 0 Å². The minimum Gasteiger partial charge on any atom is -0.304 e. The molecule has 1 aromatic carbocycles. The van der Waals surface area contributed by atoms with Crippen molar-refractivity contribution in [2.24, 2.45) is 5.10 Å². The first-order valence-corrected chi connectivity index (χ1v) is 8.08. The number of hydrogen-bond acceptors (Lipinski definition) is 5. The molecule has 1 aliphatic heterocycles. The molecule has 0 spiro atoms. The van der Waals surface area contributed by atoms with Crippen molar-refractivity contribution in [2.75, 3.05) is 6.26 Å². The highest BCUT2D eigenvalue weighted by atomic mass is 32.2. The monoisotopic (exact) mass is 309 g/mol. The molecular formula is C13H15N3O2S2. The van der Waals surface area contributed by atoms with E-state index in [9.17, 15) is 9.59 Å². The van der Waals surface area contributed by atoms with E-state index in [0.717, 1.165) is 10.5 Å². The topological polar surface area (TPSA) is 61.8 Å². The lowest BCUT2D eigenvalue weighted by Crippen LogP contribution is -2.25. The first-order chi connectivity index (χ1) is 9.51. The van der Waals surface area contributed by atoms with Crippen LogP contribution in [0.3, 0.4) is 0 Å². The number of hydrazone groups is 1. The second kappa shape index (κ2) is 6.32. The van der Waals surface area contributed by atoms with Crippen molar-refractivity contribution in [3.8, 4) is 0 Å². The van der Waals surface area contributed by atoms with Crippen LogP contribution < -0.4 is 5.32 Å². The fraction of sp³-hybridized carbons (Fsp3) is 0.308. The second-order valence-corrected chi connectivity index (χ2v) is 6.14. The van der Waals surface area contributed by atoms with Gasteiger partial charge in [0.1, 0.15) is 5.37 Å². The molecule has 1 atom stereocenters. The van der Waals surface area contributed by atoms with Crippen LogP contribution in [-0.4, -0.2) is 28.2 Å². The number of amidine groups is 1. The van der Waals surface area contributed by atoms with E-state index in [-0.39, 0.29) is 17.2 Å². The fourth-order valence-corrected chi connectivity index (χ4v) is 3.29. The number of nitrogens with one attached hydrogen (secondary N) is 1. The Bertz CT molecular complexity index is 557. The molecule has 5 nitrogen and oxygen atoms in total. The van der Waals surface area contributed by atoms with Gasteiger partial charge in [-0.2, -0.15) is 0 Å². The highest BCUT2D eigenvalue weighted by Gasteiger charge is 2.32. The zero-order valence-corrected chi connectivity index (χ0v) is 13.0. The number of nitrogens with zero attached hydrogens (tertiary/aromatic N) is 2. The minimum absolute atomic E-state index is 0.156. The van der Waals surface area contributed by atoms with Crippen LogP contribution in [-0.2, 0) is 9.59 Å². The van der Waals surface area contributed by atoms with Crippen molar-refractivity contribution in [1.82, 2.24) is 10.3 Å². The summed E-state index contributed by atoms with van der Waals surface area (Å²) in [5.41, 5.74) is 0.979. The number of carbonyl (C=O) groups is 2. The minimum atomic E-state index is -0.231. The average molecular weight is 309 g/mol. The predicted octanol–water partition coefficient (Wildman–Crippen LogP) is 2.41. The molecule has 0 saturated carbocycles. The first kappa shape index (κ1) is 14.9. The van der Waals surface area contributed by atoms with E-state index in [0.29, 0.717) is 5.17 Å². The SMILES string of the molecule is CSc1ccc([C@H]2SC(NC(C)=O)=NN2C(C)=O)cc1. The first-order valence-electron chi connectivity index (χ1n) is 5.98. The smallest absolute Gasteiger partial charge is 0.241 e. The van der Waals surface area contributed by atoms with Gasteiger partial charge in [0.2, 0.25) is 11.8 Å². The highest BCUT2D eigenvalue weighted by Crippen LogP contribution is 2.38. The molecule has 7 heteroatoms. The van der Waals surface area contributed by atoms with Crippen LogP contribution >= 0.6 is 23.5 Å². The standard InChI is InChI=1S/C13H15N3O2S2/c1-8(17)14-13-15-16(9(2)18)12(20-13)10-4-6-11(19-3)7-5-10/h4-7,12H,1-3H3,(H,14,15,17)/t12-/m1/s1. The van der Waals surface area contributed by atoms with Crippen LogP contribution in [0.1, 0.15) is 24.8 Å². The van der Waals surface area contributed by atoms with Crippen LogP contribution in [0.25, 0.3) is 0 Å². The van der Waals surface area contributed by atoms with E-state index in [2.05, 4.69) is 10.4 Å². The third-order valence-electron chi connectivity index (χ3n) is 2.65. The molecule has 1 aliphatic rings. The van der Waals surface area contributed by atoms with Crippen LogP contribution in [0, 0.1) is 0 Å². The molecule has 2 rings (SSSR count). The van der Waals surface area contributed by atoms with Gasteiger partial charge >= 0.3 is 0 Å². The van der Waals surface area contributed by atoms with Crippen molar-refractivity contribution in [3.05, 3.63) is 29.8 Å². The molecule has 0 aliphatic carbocycles. The summed E-state index contributed by atoms with van der Waals surface area (Å²) in [4.78, 5) is 23.9. The molecule has 0 bridgehead atoms. The molecule has 0 aromatic heterocycles. The molecule has 1 heterocycles. The number of thioether (sulfide) groups is 2. The quantitative estimate of drug-likeness (QED) is 0.852. The molecule has 1 aromatic rings. The average Bonchev–Trinajstić information content (AvgIpc) is 2.82. The Hall–Kier alpha value is -1.47. The summed E-state index contributed by atoms with van der Waals surface area (Å²) in [6.07, 6.45) is 2.01. The van der Waals surface area contributed by atoms with Crippen LogP contribution in [0.4, 0.5) is 0 Å². The van der Waals surface area contributed by atoms with Gasteiger partial charge in [0.15, 0.2) is 5.17 Å². The molecule has 2 amide bonds. The number of carbonyl (C=O) groups excluding carboxylic acids is 2. The van der Waals surface area contributed by atoms with E-state index in [1.54, 1.807) is 11.8 Å². The van der Waals surface area contributed by atoms with Gasteiger partial charge in [-0.25, -0.2) is 5.01 Å². The van der Waals surface area contributed by atoms with Gasteiger partial charge in [-0.3, -0.25) is 9.59 Å². The molecule has 0 radical (unpaired) electrons. The van der Waals surface area contributed by atoms with Crippen LogP contribution in [0.2, 0.25) is 0 Å². The summed E-state index contributed by atoms with van der Waals surface area (Å²) in [6, 6.07) is 7.97. The van der Waals surface area contributed by atoms with E-state index in [4.69, 9.17) is 0 Å². The Labute approximate surface area is 126 Å². The van der Waals surface area contributed by atoms with E-state index >= 15 is 0 Å². The number of rotatable bonds is 2. The summed E-state index contributed by atoms with van der Waals surface area (Å²) >= 11 is 3.02.